The number of rotatable bonds is 4. The summed E-state index contributed by atoms with van der Waals surface area (Å²) in [4.78, 5) is 46.4. The molecule has 0 atom stereocenters. The summed E-state index contributed by atoms with van der Waals surface area (Å²) in [5.74, 6) is -1.09. The Kier molecular flexibility index (Phi) is 4.04. The predicted molar refractivity (Wildman–Crippen MR) is 113 cm³/mol. The van der Waals surface area contributed by atoms with Crippen molar-refractivity contribution in [3.05, 3.63) is 87.7 Å². The van der Waals surface area contributed by atoms with E-state index in [4.69, 9.17) is 0 Å². The van der Waals surface area contributed by atoms with Crippen LogP contribution in [-0.4, -0.2) is 37.1 Å². The second-order valence-electron chi connectivity index (χ2n) is 6.88. The lowest BCUT2D eigenvalue weighted by molar-refractivity contribution is -0.736. The zero-order valence-electron chi connectivity index (χ0n) is 16.2. The molecule has 1 N–H and O–H groups in total. The van der Waals surface area contributed by atoms with Crippen molar-refractivity contribution in [1.29, 1.82) is 0 Å². The highest BCUT2D eigenvalue weighted by atomic mass is 16.8. The highest BCUT2D eigenvalue weighted by Crippen LogP contribution is 2.27. The summed E-state index contributed by atoms with van der Waals surface area (Å²) in [6.45, 7) is 0. The van der Waals surface area contributed by atoms with Gasteiger partial charge < -0.3 is 5.11 Å². The molecular formula is C22H15N4O5+. The molecule has 0 spiro atoms. The first kappa shape index (κ1) is 18.5. The van der Waals surface area contributed by atoms with E-state index in [2.05, 4.69) is 9.82 Å². The average molecular weight is 415 g/mol. The van der Waals surface area contributed by atoms with Crippen molar-refractivity contribution in [3.63, 3.8) is 0 Å². The van der Waals surface area contributed by atoms with E-state index in [-0.39, 0.29) is 16.8 Å². The first-order chi connectivity index (χ1) is 15.0. The minimum Gasteiger partial charge on any atom is -0.478 e. The lowest BCUT2D eigenvalue weighted by atomic mass is 10.1. The van der Waals surface area contributed by atoms with Crippen molar-refractivity contribution >= 4 is 39.2 Å². The number of carbonyl (C=O) groups is 1. The van der Waals surface area contributed by atoms with Gasteiger partial charge in [0, 0.05) is 29.1 Å². The van der Waals surface area contributed by atoms with Crippen LogP contribution in [0.5, 0.6) is 0 Å². The van der Waals surface area contributed by atoms with Gasteiger partial charge in [-0.05, 0) is 30.3 Å². The molecule has 0 aliphatic heterocycles. The number of hydrogen-bond acceptors (Lipinski definition) is 5. The molecule has 3 aromatic heterocycles. The molecule has 0 saturated heterocycles. The molecule has 9 heteroatoms. The Balaban J connectivity index is 1.93. The average Bonchev–Trinajstić information content (AvgIpc) is 3.18. The summed E-state index contributed by atoms with van der Waals surface area (Å²) < 4.78 is 3.06. The fraction of sp³-hybridized carbons (Fsp3) is 0.0455. The number of aromatic nitrogens is 3. The van der Waals surface area contributed by atoms with E-state index < -0.39 is 5.97 Å². The van der Waals surface area contributed by atoms with E-state index >= 15 is 0 Å². The van der Waals surface area contributed by atoms with Crippen LogP contribution in [0, 0.1) is 4.91 Å². The van der Waals surface area contributed by atoms with E-state index in [0.29, 0.717) is 38.2 Å². The van der Waals surface area contributed by atoms with Gasteiger partial charge in [0.2, 0.25) is 0 Å². The van der Waals surface area contributed by atoms with Crippen LogP contribution in [0.4, 0.5) is 5.69 Å². The number of nitrogens with zero attached hydrogens (tertiary/aromatic N) is 4. The quantitative estimate of drug-likeness (QED) is 0.451. The van der Waals surface area contributed by atoms with Gasteiger partial charge in [0.15, 0.2) is 12.8 Å². The van der Waals surface area contributed by atoms with Gasteiger partial charge in [-0.1, -0.05) is 18.2 Å². The minimum atomic E-state index is -1.09. The van der Waals surface area contributed by atoms with Crippen molar-refractivity contribution in [2.45, 2.75) is 0 Å². The molecule has 2 aromatic carbocycles. The Bertz CT molecular complexity index is 1580. The van der Waals surface area contributed by atoms with Gasteiger partial charge in [0.25, 0.3) is 10.5 Å². The molecule has 0 fully saturated rings. The summed E-state index contributed by atoms with van der Waals surface area (Å²) >= 11 is 0. The number of benzene rings is 2. The molecule has 0 amide bonds. The molecule has 0 bridgehead atoms. The molecule has 0 saturated carbocycles. The summed E-state index contributed by atoms with van der Waals surface area (Å²) in [5, 5.41) is 10.6. The zero-order chi connectivity index (χ0) is 21.7. The van der Waals surface area contributed by atoms with E-state index in [1.807, 2.05) is 12.1 Å². The lowest BCUT2D eigenvalue weighted by Gasteiger charge is -2.11. The SMILES string of the molecule is CO[N+](=O)c1ccc(-n2c(=O)c3ccccc3c3nc4ccc(C(=O)O)cn4c32)cc1. The first-order valence-electron chi connectivity index (χ1n) is 9.30. The molecular weight excluding hydrogens is 400 g/mol. The van der Waals surface area contributed by atoms with E-state index in [1.54, 1.807) is 34.7 Å². The molecule has 9 nitrogen and oxygen atoms in total. The maximum absolute atomic E-state index is 13.5. The number of imidazole rings is 1. The maximum atomic E-state index is 13.5. The second-order valence-corrected chi connectivity index (χ2v) is 6.88. The topological polar surface area (TPSA) is 106 Å². The van der Waals surface area contributed by atoms with Gasteiger partial charge in [0.1, 0.15) is 11.2 Å². The van der Waals surface area contributed by atoms with Gasteiger partial charge in [-0.15, -0.1) is 0 Å². The highest BCUT2D eigenvalue weighted by Gasteiger charge is 2.20. The van der Waals surface area contributed by atoms with Crippen molar-refractivity contribution in [2.75, 3.05) is 7.11 Å². The van der Waals surface area contributed by atoms with Crippen molar-refractivity contribution in [3.8, 4) is 5.69 Å². The molecule has 0 aliphatic carbocycles. The molecule has 0 unspecified atom stereocenters. The van der Waals surface area contributed by atoms with Gasteiger partial charge in [-0.2, -0.15) is 0 Å². The number of aromatic carboxylic acids is 1. The van der Waals surface area contributed by atoms with Gasteiger partial charge in [-0.3, -0.25) is 13.8 Å². The predicted octanol–water partition coefficient (Wildman–Crippen LogP) is 3.46. The number of hydrogen-bond donors (Lipinski definition) is 1. The Labute approximate surface area is 173 Å². The monoisotopic (exact) mass is 415 g/mol. The zero-order valence-corrected chi connectivity index (χ0v) is 16.2. The third-order valence-electron chi connectivity index (χ3n) is 5.15. The Morgan fingerprint density at radius 2 is 1.74 bits per heavy atom. The molecule has 0 aliphatic rings. The Morgan fingerprint density at radius 1 is 1.03 bits per heavy atom. The molecule has 5 aromatic rings. The minimum absolute atomic E-state index is 0.0661. The van der Waals surface area contributed by atoms with Crippen LogP contribution in [0.3, 0.4) is 0 Å². The molecule has 31 heavy (non-hydrogen) atoms. The number of carboxylic acids is 1. The van der Waals surface area contributed by atoms with Crippen molar-refractivity contribution in [2.24, 2.45) is 0 Å². The van der Waals surface area contributed by atoms with Crippen LogP contribution in [0.25, 0.3) is 33.3 Å². The first-order valence-corrected chi connectivity index (χ1v) is 9.30. The van der Waals surface area contributed by atoms with Crippen LogP contribution in [0.15, 0.2) is 71.7 Å². The van der Waals surface area contributed by atoms with Crippen molar-refractivity contribution < 1.29 is 19.7 Å². The van der Waals surface area contributed by atoms with Crippen LogP contribution in [0.1, 0.15) is 10.4 Å². The summed E-state index contributed by atoms with van der Waals surface area (Å²) in [6, 6.07) is 16.5. The van der Waals surface area contributed by atoms with Gasteiger partial charge in [-0.25, -0.2) is 14.6 Å². The molecule has 3 heterocycles. The van der Waals surface area contributed by atoms with E-state index in [0.717, 1.165) is 0 Å². The number of pyridine rings is 2. The Hall–Kier alpha value is -4.53. The summed E-state index contributed by atoms with van der Waals surface area (Å²) in [6.07, 6.45) is 1.44. The number of fused-ring (bicyclic) bond motifs is 5. The molecule has 152 valence electrons. The normalized spacial score (nSPS) is 11.3. The van der Waals surface area contributed by atoms with E-state index in [9.17, 15) is 19.6 Å². The standard InChI is InChI=1S/C22H14N4O5/c1-31-26(30)15-9-7-14(8-10-15)25-20-19(16-4-2-3-5-17(16)21(25)27)23-18-11-6-13(22(28)29)12-24(18)20/h2-12H,1H3/p+1. The number of carboxylic acid groups (broad SMARTS) is 1. The van der Waals surface area contributed by atoms with Crippen LogP contribution >= 0.6 is 0 Å². The third kappa shape index (κ3) is 2.75. The van der Waals surface area contributed by atoms with Crippen LogP contribution in [-0.2, 0) is 4.84 Å². The Morgan fingerprint density at radius 3 is 2.42 bits per heavy atom. The molecule has 0 radical (unpaired) electrons. The fourth-order valence-electron chi connectivity index (χ4n) is 3.71. The van der Waals surface area contributed by atoms with Gasteiger partial charge in [0.05, 0.1) is 16.2 Å². The third-order valence-corrected chi connectivity index (χ3v) is 5.15. The molecule has 5 rings (SSSR count). The smallest absolute Gasteiger partial charge is 0.337 e. The van der Waals surface area contributed by atoms with Gasteiger partial charge >= 0.3 is 11.7 Å². The highest BCUT2D eigenvalue weighted by molar-refractivity contribution is 6.04. The maximum Gasteiger partial charge on any atom is 0.337 e. The largest absolute Gasteiger partial charge is 0.478 e. The lowest BCUT2D eigenvalue weighted by Crippen LogP contribution is -2.20. The van der Waals surface area contributed by atoms with E-state index in [1.165, 1.54) is 36.1 Å². The van der Waals surface area contributed by atoms with Crippen LogP contribution in [0.2, 0.25) is 0 Å². The van der Waals surface area contributed by atoms with Crippen molar-refractivity contribution in [1.82, 2.24) is 14.0 Å². The summed E-state index contributed by atoms with van der Waals surface area (Å²) in [5.41, 5.74) is 2.04. The second kappa shape index (κ2) is 6.77. The fourth-order valence-corrected chi connectivity index (χ4v) is 3.71. The van der Waals surface area contributed by atoms with Crippen LogP contribution < -0.4 is 5.56 Å². The summed E-state index contributed by atoms with van der Waals surface area (Å²) in [7, 11) is 1.26.